The summed E-state index contributed by atoms with van der Waals surface area (Å²) >= 11 is 1.52. The number of aryl methyl sites for hydroxylation is 1. The number of hydrogen-bond acceptors (Lipinski definition) is 6. The number of piperidine rings is 1. The number of allylic oxidation sites excluding steroid dienone is 2. The van der Waals surface area contributed by atoms with Gasteiger partial charge in [0.15, 0.2) is 5.13 Å². The Morgan fingerprint density at radius 2 is 2.10 bits per heavy atom. The number of amidine groups is 1. The third-order valence-electron chi connectivity index (χ3n) is 5.95. The summed E-state index contributed by atoms with van der Waals surface area (Å²) in [6.45, 7) is 9.16. The second-order valence-electron chi connectivity index (χ2n) is 8.33. The van der Waals surface area contributed by atoms with Gasteiger partial charge >= 0.3 is 0 Å². The van der Waals surface area contributed by atoms with Crippen LogP contribution in [-0.2, 0) is 16.1 Å². The number of aromatic nitrogens is 1. The standard InChI is InChI=1S/C21H27N5O2S/c1-14-7-10-25(11-8-14)13-16-15(2)22-20(29-16)24-19(28)21(3)12-18(27)23-17-6-4-5-9-26(17)21/h4-6,9,14H,7-8,10-13H2,1-3H3,(H,22,24,28). The van der Waals surface area contributed by atoms with E-state index in [4.69, 9.17) is 0 Å². The minimum Gasteiger partial charge on any atom is -0.317 e. The zero-order chi connectivity index (χ0) is 20.6. The van der Waals surface area contributed by atoms with E-state index in [0.29, 0.717) is 11.0 Å². The Hall–Kier alpha value is -2.32. The van der Waals surface area contributed by atoms with E-state index < -0.39 is 5.54 Å². The summed E-state index contributed by atoms with van der Waals surface area (Å²) in [4.78, 5) is 39.3. The van der Waals surface area contributed by atoms with Crippen LogP contribution in [0, 0.1) is 12.8 Å². The largest absolute Gasteiger partial charge is 0.317 e. The van der Waals surface area contributed by atoms with Crippen LogP contribution in [0.4, 0.5) is 5.13 Å². The number of hydrogen-bond donors (Lipinski definition) is 1. The van der Waals surface area contributed by atoms with Gasteiger partial charge in [0.1, 0.15) is 11.4 Å². The monoisotopic (exact) mass is 413 g/mol. The average Bonchev–Trinajstić information content (AvgIpc) is 3.02. The van der Waals surface area contributed by atoms with E-state index in [0.717, 1.165) is 31.2 Å². The highest BCUT2D eigenvalue weighted by atomic mass is 32.1. The van der Waals surface area contributed by atoms with E-state index in [2.05, 4.69) is 27.1 Å². The summed E-state index contributed by atoms with van der Waals surface area (Å²) in [5, 5.41) is 3.54. The number of nitrogens with zero attached hydrogens (tertiary/aromatic N) is 4. The number of likely N-dealkylation sites (tertiary alicyclic amines) is 1. The van der Waals surface area contributed by atoms with Crippen molar-refractivity contribution in [3.8, 4) is 0 Å². The highest BCUT2D eigenvalue weighted by molar-refractivity contribution is 7.15. The molecule has 1 N–H and O–H groups in total. The molecular formula is C21H27N5O2S. The van der Waals surface area contributed by atoms with Gasteiger partial charge in [0.2, 0.25) is 0 Å². The number of anilines is 1. The quantitative estimate of drug-likeness (QED) is 0.821. The normalized spacial score (nSPS) is 25.1. The van der Waals surface area contributed by atoms with Crippen molar-refractivity contribution in [2.45, 2.75) is 52.1 Å². The third kappa shape index (κ3) is 4.04. The Balaban J connectivity index is 1.47. The van der Waals surface area contributed by atoms with Crippen LogP contribution in [0.5, 0.6) is 0 Å². The zero-order valence-corrected chi connectivity index (χ0v) is 18.0. The van der Waals surface area contributed by atoms with Crippen molar-refractivity contribution in [2.75, 3.05) is 18.4 Å². The van der Waals surface area contributed by atoms with E-state index >= 15 is 0 Å². The smallest absolute Gasteiger partial charge is 0.252 e. The Morgan fingerprint density at radius 1 is 1.34 bits per heavy atom. The Labute approximate surface area is 175 Å². The summed E-state index contributed by atoms with van der Waals surface area (Å²) in [6.07, 6.45) is 9.68. The van der Waals surface area contributed by atoms with Crippen LogP contribution in [0.3, 0.4) is 0 Å². The molecule has 0 aliphatic carbocycles. The Kier molecular flexibility index (Phi) is 5.40. The predicted molar refractivity (Wildman–Crippen MR) is 115 cm³/mol. The third-order valence-corrected chi connectivity index (χ3v) is 7.01. The fourth-order valence-electron chi connectivity index (χ4n) is 3.96. The lowest BCUT2D eigenvalue weighted by molar-refractivity contribution is -0.130. The molecule has 1 saturated heterocycles. The molecule has 3 aliphatic rings. The molecule has 0 radical (unpaired) electrons. The molecule has 0 saturated carbocycles. The Bertz CT molecular complexity index is 910. The van der Waals surface area contributed by atoms with E-state index in [1.165, 1.54) is 29.1 Å². The lowest BCUT2D eigenvalue weighted by Crippen LogP contribution is -2.58. The fraction of sp³-hybridized carbons (Fsp3) is 0.524. The lowest BCUT2D eigenvalue weighted by atomic mass is 9.91. The summed E-state index contributed by atoms with van der Waals surface area (Å²) in [7, 11) is 0. The lowest BCUT2D eigenvalue weighted by Gasteiger charge is -2.41. The molecule has 29 heavy (non-hydrogen) atoms. The molecule has 4 heterocycles. The summed E-state index contributed by atoms with van der Waals surface area (Å²) in [5.74, 6) is 0.765. The molecule has 3 aliphatic heterocycles. The molecular weight excluding hydrogens is 386 g/mol. The van der Waals surface area contributed by atoms with Crippen LogP contribution >= 0.6 is 11.3 Å². The highest BCUT2D eigenvalue weighted by Crippen LogP contribution is 2.31. The molecule has 0 bridgehead atoms. The first-order chi connectivity index (χ1) is 13.8. The van der Waals surface area contributed by atoms with Crippen LogP contribution < -0.4 is 5.32 Å². The number of thiazole rings is 1. The van der Waals surface area contributed by atoms with Crippen LogP contribution in [0.25, 0.3) is 0 Å². The van der Waals surface area contributed by atoms with Crippen LogP contribution in [0.15, 0.2) is 29.4 Å². The van der Waals surface area contributed by atoms with Crippen LogP contribution in [0.1, 0.15) is 43.7 Å². The van der Waals surface area contributed by atoms with Crippen molar-refractivity contribution in [2.24, 2.45) is 10.9 Å². The molecule has 8 heteroatoms. The number of rotatable bonds is 4. The molecule has 1 fully saturated rings. The molecule has 1 aromatic rings. The van der Waals surface area contributed by atoms with Gasteiger partial charge in [-0.2, -0.15) is 4.99 Å². The number of nitrogens with one attached hydrogen (secondary N) is 1. The average molecular weight is 414 g/mol. The summed E-state index contributed by atoms with van der Waals surface area (Å²) < 4.78 is 0. The van der Waals surface area contributed by atoms with Crippen molar-refractivity contribution in [3.05, 3.63) is 35.0 Å². The molecule has 7 nitrogen and oxygen atoms in total. The van der Waals surface area contributed by atoms with Crippen LogP contribution in [-0.4, -0.2) is 51.1 Å². The Morgan fingerprint density at radius 3 is 2.86 bits per heavy atom. The van der Waals surface area contributed by atoms with Gasteiger partial charge in [0, 0.05) is 17.6 Å². The maximum Gasteiger partial charge on any atom is 0.252 e. The first-order valence-corrected chi connectivity index (χ1v) is 10.9. The summed E-state index contributed by atoms with van der Waals surface area (Å²) in [5.41, 5.74) is -0.0742. The van der Waals surface area contributed by atoms with Crippen molar-refractivity contribution < 1.29 is 9.59 Å². The van der Waals surface area contributed by atoms with Gasteiger partial charge < -0.3 is 4.90 Å². The topological polar surface area (TPSA) is 77.9 Å². The van der Waals surface area contributed by atoms with E-state index in [9.17, 15) is 9.59 Å². The minimum absolute atomic E-state index is 0.0314. The molecule has 0 spiro atoms. The van der Waals surface area contributed by atoms with Gasteiger partial charge in [-0.15, -0.1) is 11.3 Å². The molecule has 0 aromatic carbocycles. The van der Waals surface area contributed by atoms with E-state index in [1.54, 1.807) is 24.1 Å². The van der Waals surface area contributed by atoms with E-state index in [1.807, 2.05) is 19.1 Å². The summed E-state index contributed by atoms with van der Waals surface area (Å²) in [6, 6.07) is 0. The SMILES string of the molecule is Cc1nc(NC(=O)C2(C)CC(=O)N=C3C=CC=CN32)sc1CN1CCC(C)CC1. The van der Waals surface area contributed by atoms with Crippen molar-refractivity contribution in [3.63, 3.8) is 0 Å². The van der Waals surface area contributed by atoms with E-state index in [-0.39, 0.29) is 18.2 Å². The van der Waals surface area contributed by atoms with Crippen molar-refractivity contribution >= 4 is 34.1 Å². The fourth-order valence-corrected chi connectivity index (χ4v) is 4.96. The number of fused-ring (bicyclic) bond motifs is 1. The minimum atomic E-state index is -1.03. The maximum atomic E-state index is 13.2. The van der Waals surface area contributed by atoms with Crippen molar-refractivity contribution in [1.29, 1.82) is 0 Å². The van der Waals surface area contributed by atoms with Crippen molar-refractivity contribution in [1.82, 2.24) is 14.8 Å². The van der Waals surface area contributed by atoms with Gasteiger partial charge in [-0.25, -0.2) is 4.98 Å². The molecule has 2 amide bonds. The molecule has 1 unspecified atom stereocenters. The maximum absolute atomic E-state index is 13.2. The number of amides is 2. The zero-order valence-electron chi connectivity index (χ0n) is 17.1. The molecule has 1 atom stereocenters. The van der Waals surface area contributed by atoms with Gasteiger partial charge in [0.25, 0.3) is 11.8 Å². The predicted octanol–water partition coefficient (Wildman–Crippen LogP) is 3.09. The second-order valence-corrected chi connectivity index (χ2v) is 9.41. The van der Waals surface area contributed by atoms with Crippen LogP contribution in [0.2, 0.25) is 0 Å². The number of carbonyl (C=O) groups excluding carboxylic acids is 2. The molecule has 4 rings (SSSR count). The van der Waals surface area contributed by atoms with Gasteiger partial charge in [-0.05, 0) is 57.8 Å². The van der Waals surface area contributed by atoms with Gasteiger partial charge in [-0.1, -0.05) is 13.0 Å². The van der Waals surface area contributed by atoms with Gasteiger partial charge in [-0.3, -0.25) is 19.8 Å². The second kappa shape index (κ2) is 7.84. The number of carbonyl (C=O) groups is 2. The first kappa shape index (κ1) is 20.0. The number of aliphatic imine (C=N–C) groups is 1. The molecule has 1 aromatic heterocycles. The van der Waals surface area contributed by atoms with Gasteiger partial charge in [0.05, 0.1) is 12.1 Å². The first-order valence-electron chi connectivity index (χ1n) is 10.1. The molecule has 154 valence electrons. The highest BCUT2D eigenvalue weighted by Gasteiger charge is 2.45.